The zero-order valence-electron chi connectivity index (χ0n) is 13.7. The van der Waals surface area contributed by atoms with Gasteiger partial charge in [0, 0.05) is 6.07 Å². The van der Waals surface area contributed by atoms with E-state index >= 15 is 0 Å². The average molecular weight is 362 g/mol. The minimum Gasteiger partial charge on any atom is -0.319 e. The molecule has 10 heteroatoms. The van der Waals surface area contributed by atoms with E-state index in [4.69, 9.17) is 0 Å². The molecular formula is C15H18N6O3S. The largest absolute Gasteiger partial charge is 0.319 e. The summed E-state index contributed by atoms with van der Waals surface area (Å²) in [5, 5.41) is 25.5. The summed E-state index contributed by atoms with van der Waals surface area (Å²) >= 11 is 1.25. The van der Waals surface area contributed by atoms with Crippen LogP contribution in [0.5, 0.6) is 0 Å². The third kappa shape index (κ3) is 3.95. The number of nitrogens with zero attached hydrogens (tertiary/aromatic N) is 5. The minimum atomic E-state index is -0.520. The molecule has 0 aliphatic heterocycles. The average Bonchev–Trinajstić information content (AvgIpc) is 3.26. The molecule has 1 atom stereocenters. The smallest absolute Gasteiger partial charge is 0.292 e. The van der Waals surface area contributed by atoms with Crippen LogP contribution in [-0.4, -0.2) is 36.3 Å². The van der Waals surface area contributed by atoms with Gasteiger partial charge in [-0.1, -0.05) is 36.7 Å². The van der Waals surface area contributed by atoms with Crippen molar-refractivity contribution in [3.8, 4) is 0 Å². The Kier molecular flexibility index (Phi) is 5.27. The van der Waals surface area contributed by atoms with Crippen LogP contribution in [0.1, 0.15) is 38.6 Å². The van der Waals surface area contributed by atoms with Gasteiger partial charge in [0.05, 0.1) is 16.2 Å². The molecule has 25 heavy (non-hydrogen) atoms. The highest BCUT2D eigenvalue weighted by Gasteiger charge is 2.25. The summed E-state index contributed by atoms with van der Waals surface area (Å²) < 4.78 is 1.78. The standard InChI is InChI=1S/C15H18N6O3S/c1-10(14(22)16-12-8-4-5-9-13(12)21(23)24)25-15-17-18-19-20(15)11-6-2-3-7-11/h4-5,8-11H,2-3,6-7H2,1H3,(H,16,22). The lowest BCUT2D eigenvalue weighted by molar-refractivity contribution is -0.383. The molecule has 2 aromatic rings. The summed E-state index contributed by atoms with van der Waals surface area (Å²) in [4.78, 5) is 22.9. The Balaban J connectivity index is 1.68. The molecule has 0 bridgehead atoms. The first kappa shape index (κ1) is 17.3. The van der Waals surface area contributed by atoms with Crippen molar-refractivity contribution in [3.63, 3.8) is 0 Å². The van der Waals surface area contributed by atoms with Crippen molar-refractivity contribution in [2.45, 2.75) is 49.1 Å². The van der Waals surface area contributed by atoms with E-state index in [0.717, 1.165) is 25.7 Å². The molecule has 132 valence electrons. The summed E-state index contributed by atoms with van der Waals surface area (Å²) in [5.74, 6) is -0.333. The third-order valence-corrected chi connectivity index (χ3v) is 5.19. The molecule has 1 saturated carbocycles. The maximum atomic E-state index is 12.4. The van der Waals surface area contributed by atoms with Gasteiger partial charge < -0.3 is 5.32 Å². The fourth-order valence-corrected chi connectivity index (χ4v) is 3.69. The van der Waals surface area contributed by atoms with Crippen molar-refractivity contribution >= 4 is 29.0 Å². The molecule has 1 amide bonds. The lowest BCUT2D eigenvalue weighted by Crippen LogP contribution is -2.23. The summed E-state index contributed by atoms with van der Waals surface area (Å²) in [7, 11) is 0. The van der Waals surface area contributed by atoms with Crippen molar-refractivity contribution in [2.24, 2.45) is 0 Å². The molecule has 1 aliphatic rings. The molecule has 1 aliphatic carbocycles. The molecule has 1 unspecified atom stereocenters. The molecule has 3 rings (SSSR count). The number of nitro benzene ring substituents is 1. The van der Waals surface area contributed by atoms with Crippen molar-refractivity contribution in [3.05, 3.63) is 34.4 Å². The molecular weight excluding hydrogens is 344 g/mol. The Hall–Kier alpha value is -2.49. The Morgan fingerprint density at radius 2 is 2.12 bits per heavy atom. The molecule has 0 spiro atoms. The number of carbonyl (C=O) groups excluding carboxylic acids is 1. The van der Waals surface area contributed by atoms with E-state index in [1.807, 2.05) is 0 Å². The number of nitrogens with one attached hydrogen (secondary N) is 1. The molecule has 9 nitrogen and oxygen atoms in total. The zero-order valence-corrected chi connectivity index (χ0v) is 14.5. The van der Waals surface area contributed by atoms with Gasteiger partial charge in [0.25, 0.3) is 5.69 Å². The summed E-state index contributed by atoms with van der Waals surface area (Å²) in [6, 6.07) is 6.34. The van der Waals surface area contributed by atoms with Gasteiger partial charge in [0.2, 0.25) is 11.1 Å². The zero-order chi connectivity index (χ0) is 17.8. The third-order valence-electron chi connectivity index (χ3n) is 4.14. The number of benzene rings is 1. The summed E-state index contributed by atoms with van der Waals surface area (Å²) in [6.07, 6.45) is 4.38. The number of thioether (sulfide) groups is 1. The summed E-state index contributed by atoms with van der Waals surface area (Å²) in [6.45, 7) is 1.72. The maximum Gasteiger partial charge on any atom is 0.292 e. The first-order valence-electron chi connectivity index (χ1n) is 8.05. The van der Waals surface area contributed by atoms with Gasteiger partial charge >= 0.3 is 0 Å². The number of nitro groups is 1. The van der Waals surface area contributed by atoms with E-state index in [2.05, 4.69) is 20.8 Å². The first-order chi connectivity index (χ1) is 12.1. The normalized spacial score (nSPS) is 15.9. The number of rotatable bonds is 6. The van der Waals surface area contributed by atoms with Crippen molar-refractivity contribution < 1.29 is 9.72 Å². The van der Waals surface area contributed by atoms with Gasteiger partial charge in [-0.2, -0.15) is 0 Å². The Bertz CT molecular complexity index is 774. The van der Waals surface area contributed by atoms with Gasteiger partial charge in [0.15, 0.2) is 0 Å². The van der Waals surface area contributed by atoms with E-state index in [9.17, 15) is 14.9 Å². The van der Waals surface area contributed by atoms with E-state index in [0.29, 0.717) is 5.16 Å². The molecule has 1 aromatic carbocycles. The van der Waals surface area contributed by atoms with Crippen LogP contribution in [0.2, 0.25) is 0 Å². The van der Waals surface area contributed by atoms with Gasteiger partial charge in [-0.3, -0.25) is 14.9 Å². The topological polar surface area (TPSA) is 116 Å². The molecule has 1 aromatic heterocycles. The van der Waals surface area contributed by atoms with E-state index in [1.165, 1.54) is 23.9 Å². The molecule has 0 radical (unpaired) electrons. The second-order valence-electron chi connectivity index (χ2n) is 5.87. The molecule has 1 N–H and O–H groups in total. The predicted octanol–water partition coefficient (Wildman–Crippen LogP) is 2.82. The van der Waals surface area contributed by atoms with Crippen molar-refractivity contribution in [2.75, 3.05) is 5.32 Å². The van der Waals surface area contributed by atoms with Crippen LogP contribution < -0.4 is 5.32 Å². The first-order valence-corrected chi connectivity index (χ1v) is 8.93. The number of amides is 1. The number of tetrazole rings is 1. The quantitative estimate of drug-likeness (QED) is 0.477. The maximum absolute atomic E-state index is 12.4. The number of carbonyl (C=O) groups is 1. The van der Waals surface area contributed by atoms with E-state index in [1.54, 1.807) is 23.7 Å². The Morgan fingerprint density at radius 3 is 2.84 bits per heavy atom. The molecule has 1 fully saturated rings. The van der Waals surface area contributed by atoms with Gasteiger partial charge in [-0.05, 0) is 36.3 Å². The lowest BCUT2D eigenvalue weighted by Gasteiger charge is -2.14. The van der Waals surface area contributed by atoms with Crippen LogP contribution in [-0.2, 0) is 4.79 Å². The highest BCUT2D eigenvalue weighted by Crippen LogP contribution is 2.33. The monoisotopic (exact) mass is 362 g/mol. The Morgan fingerprint density at radius 1 is 1.40 bits per heavy atom. The number of aromatic nitrogens is 4. The van der Waals surface area contributed by atoms with E-state index in [-0.39, 0.29) is 23.3 Å². The van der Waals surface area contributed by atoms with Gasteiger partial charge in [0.1, 0.15) is 5.69 Å². The summed E-state index contributed by atoms with van der Waals surface area (Å²) in [5.41, 5.74) is 0.0455. The number of hydrogen-bond donors (Lipinski definition) is 1. The lowest BCUT2D eigenvalue weighted by atomic mass is 10.2. The second kappa shape index (κ2) is 7.60. The van der Waals surface area contributed by atoms with Crippen LogP contribution in [0.15, 0.2) is 29.4 Å². The molecule has 0 saturated heterocycles. The van der Waals surface area contributed by atoms with Crippen LogP contribution in [0.4, 0.5) is 11.4 Å². The van der Waals surface area contributed by atoms with Crippen LogP contribution in [0, 0.1) is 10.1 Å². The van der Waals surface area contributed by atoms with Crippen molar-refractivity contribution in [1.29, 1.82) is 0 Å². The van der Waals surface area contributed by atoms with Crippen LogP contribution in [0.25, 0.3) is 0 Å². The Labute approximate surface area is 148 Å². The van der Waals surface area contributed by atoms with E-state index < -0.39 is 10.2 Å². The second-order valence-corrected chi connectivity index (χ2v) is 7.18. The molecule has 1 heterocycles. The van der Waals surface area contributed by atoms with Crippen molar-refractivity contribution in [1.82, 2.24) is 20.2 Å². The highest BCUT2D eigenvalue weighted by atomic mass is 32.2. The highest BCUT2D eigenvalue weighted by molar-refractivity contribution is 8.00. The van der Waals surface area contributed by atoms with Gasteiger partial charge in [-0.15, -0.1) is 5.10 Å². The number of hydrogen-bond acceptors (Lipinski definition) is 7. The van der Waals surface area contributed by atoms with Crippen LogP contribution in [0.3, 0.4) is 0 Å². The van der Waals surface area contributed by atoms with Crippen LogP contribution >= 0.6 is 11.8 Å². The van der Waals surface area contributed by atoms with Gasteiger partial charge in [-0.25, -0.2) is 4.68 Å². The number of para-hydroxylation sites is 2. The SMILES string of the molecule is CC(Sc1nnnn1C1CCCC1)C(=O)Nc1ccccc1[N+](=O)[O-]. The minimum absolute atomic E-state index is 0.135. The fourth-order valence-electron chi connectivity index (χ4n) is 2.83. The number of anilines is 1. The predicted molar refractivity (Wildman–Crippen MR) is 92.4 cm³/mol. The fraction of sp³-hybridized carbons (Fsp3) is 0.467.